The Morgan fingerprint density at radius 1 is 1.00 bits per heavy atom. The molecule has 5 rings (SSSR count). The smallest absolute Gasteiger partial charge is 0.183 e. The molecule has 0 saturated carbocycles. The summed E-state index contributed by atoms with van der Waals surface area (Å²) < 4.78 is 1.89. The zero-order chi connectivity index (χ0) is 20.5. The lowest BCUT2D eigenvalue weighted by Gasteiger charge is -2.11. The van der Waals surface area contributed by atoms with E-state index in [0.717, 1.165) is 44.3 Å². The van der Waals surface area contributed by atoms with Gasteiger partial charge < -0.3 is 5.32 Å². The summed E-state index contributed by atoms with van der Waals surface area (Å²) in [6.45, 7) is 4.63. The van der Waals surface area contributed by atoms with Gasteiger partial charge in [-0.3, -0.25) is 4.98 Å². The maximum Gasteiger partial charge on any atom is 0.183 e. The number of anilines is 1. The van der Waals surface area contributed by atoms with Crippen LogP contribution in [0.3, 0.4) is 0 Å². The van der Waals surface area contributed by atoms with Crippen molar-refractivity contribution in [3.05, 3.63) is 82.7 Å². The van der Waals surface area contributed by atoms with Crippen LogP contribution in [0.4, 0.5) is 5.82 Å². The molecule has 0 aliphatic heterocycles. The zero-order valence-corrected chi connectivity index (χ0v) is 17.5. The number of hydrogen-bond donors (Lipinski definition) is 1. The summed E-state index contributed by atoms with van der Waals surface area (Å²) in [5.41, 5.74) is 6.15. The molecule has 1 N–H and O–H groups in total. The Balaban J connectivity index is 1.64. The van der Waals surface area contributed by atoms with Crippen molar-refractivity contribution < 1.29 is 0 Å². The molecule has 1 aromatic carbocycles. The topological polar surface area (TPSA) is 68.0 Å². The lowest BCUT2D eigenvalue weighted by Crippen LogP contribution is -2.07. The molecule has 4 aromatic heterocycles. The van der Waals surface area contributed by atoms with Crippen LogP contribution in [-0.2, 0) is 6.54 Å². The van der Waals surface area contributed by atoms with Crippen LogP contribution < -0.4 is 5.32 Å². The normalized spacial score (nSPS) is 11.1. The monoisotopic (exact) mass is 412 g/mol. The van der Waals surface area contributed by atoms with Crippen molar-refractivity contribution >= 4 is 22.7 Å². The van der Waals surface area contributed by atoms with Crippen LogP contribution in [0.1, 0.15) is 16.3 Å². The van der Waals surface area contributed by atoms with E-state index in [2.05, 4.69) is 38.9 Å². The number of nitrogens with zero attached hydrogens (tertiary/aromatic N) is 5. The summed E-state index contributed by atoms with van der Waals surface area (Å²) in [5, 5.41) is 11.3. The highest BCUT2D eigenvalue weighted by molar-refractivity contribution is 7.09. The third-order valence-corrected chi connectivity index (χ3v) is 5.77. The van der Waals surface area contributed by atoms with Crippen molar-refractivity contribution in [3.63, 3.8) is 0 Å². The van der Waals surface area contributed by atoms with Gasteiger partial charge in [0.25, 0.3) is 0 Å². The van der Waals surface area contributed by atoms with Gasteiger partial charge in [0.1, 0.15) is 10.5 Å². The Hall–Kier alpha value is -3.58. The average Bonchev–Trinajstić information content (AvgIpc) is 3.38. The molecule has 0 aliphatic carbocycles. The van der Waals surface area contributed by atoms with E-state index in [1.165, 1.54) is 0 Å². The first-order chi connectivity index (χ1) is 14.7. The van der Waals surface area contributed by atoms with E-state index in [0.29, 0.717) is 12.4 Å². The molecular weight excluding hydrogens is 392 g/mol. The molecule has 7 heteroatoms. The van der Waals surface area contributed by atoms with E-state index in [1.807, 2.05) is 55.0 Å². The SMILES string of the molecule is Cc1cncc(-c2nc(NCc3nc(C)cs3)c3c(-c4ccccc4)ccn3n2)c1. The molecular formula is C23H20N6S. The second kappa shape index (κ2) is 7.68. The molecule has 0 amide bonds. The number of benzene rings is 1. The molecule has 5 aromatic rings. The number of aromatic nitrogens is 5. The molecule has 0 unspecified atom stereocenters. The maximum atomic E-state index is 4.89. The van der Waals surface area contributed by atoms with E-state index >= 15 is 0 Å². The number of fused-ring (bicyclic) bond motifs is 1. The Labute approximate surface area is 178 Å². The maximum absolute atomic E-state index is 4.89. The highest BCUT2D eigenvalue weighted by Crippen LogP contribution is 2.31. The van der Waals surface area contributed by atoms with Crippen LogP contribution in [-0.4, -0.2) is 24.6 Å². The number of rotatable bonds is 5. The predicted molar refractivity (Wildman–Crippen MR) is 121 cm³/mol. The van der Waals surface area contributed by atoms with Crippen LogP contribution >= 0.6 is 11.3 Å². The first-order valence-electron chi connectivity index (χ1n) is 9.69. The summed E-state index contributed by atoms with van der Waals surface area (Å²) in [6, 6.07) is 14.4. The van der Waals surface area contributed by atoms with Gasteiger partial charge in [-0.2, -0.15) is 0 Å². The highest BCUT2D eigenvalue weighted by atomic mass is 32.1. The molecule has 0 atom stereocenters. The van der Waals surface area contributed by atoms with Crippen LogP contribution in [0.5, 0.6) is 0 Å². The van der Waals surface area contributed by atoms with Crippen molar-refractivity contribution in [1.29, 1.82) is 0 Å². The number of aryl methyl sites for hydroxylation is 2. The van der Waals surface area contributed by atoms with E-state index in [1.54, 1.807) is 17.5 Å². The van der Waals surface area contributed by atoms with Gasteiger partial charge in [-0.1, -0.05) is 30.3 Å². The van der Waals surface area contributed by atoms with Gasteiger partial charge in [0.15, 0.2) is 11.6 Å². The van der Waals surface area contributed by atoms with Crippen molar-refractivity contribution in [2.24, 2.45) is 0 Å². The van der Waals surface area contributed by atoms with Crippen LogP contribution in [0.2, 0.25) is 0 Å². The minimum absolute atomic E-state index is 0.607. The molecule has 0 spiro atoms. The first-order valence-corrected chi connectivity index (χ1v) is 10.6. The molecule has 0 radical (unpaired) electrons. The number of hydrogen-bond acceptors (Lipinski definition) is 6. The second-order valence-electron chi connectivity index (χ2n) is 7.16. The van der Waals surface area contributed by atoms with E-state index in [4.69, 9.17) is 10.1 Å². The number of thiazole rings is 1. The lowest BCUT2D eigenvalue weighted by molar-refractivity contribution is 0.907. The van der Waals surface area contributed by atoms with Crippen LogP contribution in [0.15, 0.2) is 66.4 Å². The van der Waals surface area contributed by atoms with Gasteiger partial charge in [0.05, 0.1) is 6.54 Å². The minimum Gasteiger partial charge on any atom is -0.362 e. The molecule has 0 saturated heterocycles. The third-order valence-electron chi connectivity index (χ3n) is 4.80. The van der Waals surface area contributed by atoms with Gasteiger partial charge in [0.2, 0.25) is 0 Å². The summed E-state index contributed by atoms with van der Waals surface area (Å²) in [5.74, 6) is 1.41. The van der Waals surface area contributed by atoms with Gasteiger partial charge in [-0.15, -0.1) is 16.4 Å². The van der Waals surface area contributed by atoms with Gasteiger partial charge >= 0.3 is 0 Å². The highest BCUT2D eigenvalue weighted by Gasteiger charge is 2.15. The van der Waals surface area contributed by atoms with E-state index in [-0.39, 0.29) is 0 Å². The van der Waals surface area contributed by atoms with Crippen molar-refractivity contribution in [2.75, 3.05) is 5.32 Å². The predicted octanol–water partition coefficient (Wildman–Crippen LogP) is 5.14. The quantitative estimate of drug-likeness (QED) is 0.433. The molecule has 30 heavy (non-hydrogen) atoms. The molecule has 148 valence electrons. The summed E-state index contributed by atoms with van der Waals surface area (Å²) in [7, 11) is 0. The van der Waals surface area contributed by atoms with Crippen molar-refractivity contribution in [1.82, 2.24) is 24.6 Å². The Morgan fingerprint density at radius 3 is 2.63 bits per heavy atom. The molecule has 6 nitrogen and oxygen atoms in total. The van der Waals surface area contributed by atoms with Crippen molar-refractivity contribution in [2.45, 2.75) is 20.4 Å². The number of pyridine rings is 1. The third kappa shape index (κ3) is 3.55. The molecule has 0 aliphatic rings. The van der Waals surface area contributed by atoms with Crippen LogP contribution in [0.25, 0.3) is 28.0 Å². The second-order valence-corrected chi connectivity index (χ2v) is 8.10. The molecule has 0 bridgehead atoms. The Bertz CT molecular complexity index is 1320. The lowest BCUT2D eigenvalue weighted by atomic mass is 10.1. The fourth-order valence-electron chi connectivity index (χ4n) is 3.44. The van der Waals surface area contributed by atoms with Gasteiger partial charge in [-0.25, -0.2) is 14.5 Å². The molecule has 0 fully saturated rings. The first kappa shape index (κ1) is 18.4. The summed E-state index contributed by atoms with van der Waals surface area (Å²) in [4.78, 5) is 13.7. The Morgan fingerprint density at radius 2 is 1.87 bits per heavy atom. The van der Waals surface area contributed by atoms with E-state index < -0.39 is 0 Å². The van der Waals surface area contributed by atoms with Gasteiger partial charge in [0, 0.05) is 40.8 Å². The molecule has 4 heterocycles. The Kier molecular flexibility index (Phi) is 4.72. The minimum atomic E-state index is 0.607. The van der Waals surface area contributed by atoms with E-state index in [9.17, 15) is 0 Å². The summed E-state index contributed by atoms with van der Waals surface area (Å²) >= 11 is 1.65. The van der Waals surface area contributed by atoms with Crippen LogP contribution in [0, 0.1) is 13.8 Å². The largest absolute Gasteiger partial charge is 0.362 e. The van der Waals surface area contributed by atoms with Gasteiger partial charge in [-0.05, 0) is 37.1 Å². The fourth-order valence-corrected chi connectivity index (χ4v) is 4.15. The van der Waals surface area contributed by atoms with Crippen molar-refractivity contribution in [3.8, 4) is 22.5 Å². The zero-order valence-electron chi connectivity index (χ0n) is 16.7. The fraction of sp³-hybridized carbons (Fsp3) is 0.130. The number of nitrogens with one attached hydrogen (secondary N) is 1. The average molecular weight is 413 g/mol. The standard InChI is InChI=1S/C23H20N6S/c1-15-10-18(12-24-11-15)22-27-23(25-13-20-26-16(2)14-30-20)21-19(8-9-29(21)28-22)17-6-4-3-5-7-17/h3-12,14H,13H2,1-2H3,(H,25,27,28). The summed E-state index contributed by atoms with van der Waals surface area (Å²) in [6.07, 6.45) is 5.60.